The highest BCUT2D eigenvalue weighted by atomic mass is 35.5. The number of H-pyrrole nitrogens is 1. The van der Waals surface area contributed by atoms with E-state index >= 15 is 0 Å². The van der Waals surface area contributed by atoms with E-state index in [9.17, 15) is 0 Å². The summed E-state index contributed by atoms with van der Waals surface area (Å²) in [5.41, 5.74) is 8.05. The van der Waals surface area contributed by atoms with Gasteiger partial charge in [-0.1, -0.05) is 36.7 Å². The fourth-order valence-corrected chi connectivity index (χ4v) is 2.00. The highest BCUT2D eigenvalue weighted by Crippen LogP contribution is 2.27. The molecule has 1 aromatic heterocycles. The average molecular weight is 223 g/mol. The largest absolute Gasteiger partial charge is 0.357 e. The quantitative estimate of drug-likeness (QED) is 0.824. The first-order valence-corrected chi connectivity index (χ1v) is 5.60. The second-order valence-corrected chi connectivity index (χ2v) is 4.21. The Bertz CT molecular complexity index is 462. The molecule has 3 N–H and O–H groups in total. The van der Waals surface area contributed by atoms with Crippen molar-refractivity contribution in [2.45, 2.75) is 25.8 Å². The molecular formula is C12H15ClN2. The Hall–Kier alpha value is -0.990. The number of hydrogen-bond acceptors (Lipinski definition) is 1. The molecule has 0 amide bonds. The van der Waals surface area contributed by atoms with Gasteiger partial charge in [-0.3, -0.25) is 0 Å². The molecule has 2 nitrogen and oxygen atoms in total. The molecule has 0 aliphatic rings. The first kappa shape index (κ1) is 10.5. The number of fused-ring (bicyclic) bond motifs is 1. The van der Waals surface area contributed by atoms with Crippen LogP contribution in [0.1, 0.15) is 19.0 Å². The van der Waals surface area contributed by atoms with Crippen LogP contribution in [0, 0.1) is 0 Å². The summed E-state index contributed by atoms with van der Waals surface area (Å²) in [6.07, 6.45) is 1.77. The minimum Gasteiger partial charge on any atom is -0.357 e. The molecule has 0 spiro atoms. The summed E-state index contributed by atoms with van der Waals surface area (Å²) in [5, 5.41) is 1.90. The second kappa shape index (κ2) is 4.25. The average Bonchev–Trinajstić information content (AvgIpc) is 2.57. The number of nitrogens with two attached hydrogens (primary N) is 1. The van der Waals surface area contributed by atoms with Crippen LogP contribution in [0.4, 0.5) is 0 Å². The first-order valence-electron chi connectivity index (χ1n) is 5.23. The standard InChI is InChI=1S/C12H15ClN2/c1-2-8(14)7-11-12(13)9-5-3-4-6-10(9)15-11/h3-6,8,15H,2,7,14H2,1H3. The predicted octanol–water partition coefficient (Wildman–Crippen LogP) is 3.10. The zero-order valence-electron chi connectivity index (χ0n) is 8.76. The lowest BCUT2D eigenvalue weighted by Crippen LogP contribution is -2.21. The minimum atomic E-state index is 0.176. The van der Waals surface area contributed by atoms with E-state index in [0.717, 1.165) is 34.5 Å². The number of benzene rings is 1. The fraction of sp³-hybridized carbons (Fsp3) is 0.333. The number of para-hydroxylation sites is 1. The van der Waals surface area contributed by atoms with Crippen LogP contribution in [0.5, 0.6) is 0 Å². The summed E-state index contributed by atoms with van der Waals surface area (Å²) >= 11 is 6.27. The van der Waals surface area contributed by atoms with Gasteiger partial charge in [-0.15, -0.1) is 0 Å². The summed E-state index contributed by atoms with van der Waals surface area (Å²) in [4.78, 5) is 3.32. The Morgan fingerprint density at radius 2 is 2.13 bits per heavy atom. The highest BCUT2D eigenvalue weighted by molar-refractivity contribution is 6.36. The van der Waals surface area contributed by atoms with Crippen molar-refractivity contribution >= 4 is 22.5 Å². The van der Waals surface area contributed by atoms with E-state index in [4.69, 9.17) is 17.3 Å². The molecule has 1 unspecified atom stereocenters. The lowest BCUT2D eigenvalue weighted by atomic mass is 10.1. The van der Waals surface area contributed by atoms with Crippen LogP contribution in [-0.2, 0) is 6.42 Å². The first-order chi connectivity index (χ1) is 7.22. The van der Waals surface area contributed by atoms with Gasteiger partial charge in [0.2, 0.25) is 0 Å². The maximum absolute atomic E-state index is 6.27. The van der Waals surface area contributed by atoms with E-state index in [-0.39, 0.29) is 6.04 Å². The number of halogens is 1. The Kier molecular flexibility index (Phi) is 2.98. The van der Waals surface area contributed by atoms with Gasteiger partial charge < -0.3 is 10.7 Å². The van der Waals surface area contributed by atoms with E-state index in [1.54, 1.807) is 0 Å². The van der Waals surface area contributed by atoms with Gasteiger partial charge in [0.15, 0.2) is 0 Å². The van der Waals surface area contributed by atoms with E-state index in [1.807, 2.05) is 24.3 Å². The second-order valence-electron chi connectivity index (χ2n) is 3.84. The van der Waals surface area contributed by atoms with Gasteiger partial charge in [0.05, 0.1) is 5.02 Å². The molecule has 80 valence electrons. The minimum absolute atomic E-state index is 0.176. The third-order valence-electron chi connectivity index (χ3n) is 2.70. The van der Waals surface area contributed by atoms with Gasteiger partial charge in [-0.2, -0.15) is 0 Å². The van der Waals surface area contributed by atoms with E-state index < -0.39 is 0 Å². The lowest BCUT2D eigenvalue weighted by molar-refractivity contribution is 0.639. The topological polar surface area (TPSA) is 41.8 Å². The third-order valence-corrected chi connectivity index (χ3v) is 3.14. The molecule has 1 heterocycles. The Labute approximate surface area is 94.4 Å². The number of hydrogen-bond donors (Lipinski definition) is 2. The Morgan fingerprint density at radius 1 is 1.40 bits per heavy atom. The molecule has 0 saturated carbocycles. The van der Waals surface area contributed by atoms with Crippen LogP contribution < -0.4 is 5.73 Å². The molecule has 1 atom stereocenters. The molecule has 3 heteroatoms. The smallest absolute Gasteiger partial charge is 0.0692 e. The number of aromatic nitrogens is 1. The zero-order valence-corrected chi connectivity index (χ0v) is 9.51. The molecule has 0 bridgehead atoms. The zero-order chi connectivity index (χ0) is 10.8. The van der Waals surface area contributed by atoms with Crippen molar-refractivity contribution < 1.29 is 0 Å². The third kappa shape index (κ3) is 2.01. The molecule has 15 heavy (non-hydrogen) atoms. The summed E-state index contributed by atoms with van der Waals surface area (Å²) in [6.45, 7) is 2.08. The fourth-order valence-electron chi connectivity index (χ4n) is 1.71. The molecule has 2 rings (SSSR count). The van der Waals surface area contributed by atoms with Gasteiger partial charge in [-0.25, -0.2) is 0 Å². The normalized spacial score (nSPS) is 13.3. The van der Waals surface area contributed by atoms with Crippen molar-refractivity contribution in [3.63, 3.8) is 0 Å². The molecule has 2 aromatic rings. The number of rotatable bonds is 3. The van der Waals surface area contributed by atoms with Crippen LogP contribution in [0.3, 0.4) is 0 Å². The van der Waals surface area contributed by atoms with Crippen molar-refractivity contribution in [3.8, 4) is 0 Å². The van der Waals surface area contributed by atoms with Crippen LogP contribution in [0.15, 0.2) is 24.3 Å². The van der Waals surface area contributed by atoms with Crippen LogP contribution in [-0.4, -0.2) is 11.0 Å². The van der Waals surface area contributed by atoms with Crippen molar-refractivity contribution in [1.82, 2.24) is 4.98 Å². The summed E-state index contributed by atoms with van der Waals surface area (Å²) in [6, 6.07) is 8.22. The summed E-state index contributed by atoms with van der Waals surface area (Å²) in [7, 11) is 0. The van der Waals surface area contributed by atoms with Crippen LogP contribution in [0.25, 0.3) is 10.9 Å². The van der Waals surface area contributed by atoms with Crippen LogP contribution in [0.2, 0.25) is 5.02 Å². The van der Waals surface area contributed by atoms with Gasteiger partial charge in [0.25, 0.3) is 0 Å². The monoisotopic (exact) mass is 222 g/mol. The van der Waals surface area contributed by atoms with Gasteiger partial charge in [0, 0.05) is 29.1 Å². The number of aromatic amines is 1. The van der Waals surface area contributed by atoms with Crippen LogP contribution >= 0.6 is 11.6 Å². The molecule has 0 aliphatic heterocycles. The van der Waals surface area contributed by atoms with Crippen molar-refractivity contribution in [2.24, 2.45) is 5.73 Å². The predicted molar refractivity (Wildman–Crippen MR) is 65.3 cm³/mol. The van der Waals surface area contributed by atoms with E-state index in [1.165, 1.54) is 0 Å². The highest BCUT2D eigenvalue weighted by Gasteiger charge is 2.11. The van der Waals surface area contributed by atoms with Gasteiger partial charge in [0.1, 0.15) is 0 Å². The van der Waals surface area contributed by atoms with Crippen molar-refractivity contribution in [3.05, 3.63) is 35.0 Å². The van der Waals surface area contributed by atoms with Gasteiger partial charge >= 0.3 is 0 Å². The molecule has 1 aromatic carbocycles. The molecule has 0 saturated heterocycles. The Balaban J connectivity index is 2.40. The van der Waals surface area contributed by atoms with E-state index in [2.05, 4.69) is 11.9 Å². The SMILES string of the molecule is CCC(N)Cc1[nH]c2ccccc2c1Cl. The maximum atomic E-state index is 6.27. The van der Waals surface area contributed by atoms with Gasteiger partial charge in [-0.05, 0) is 12.5 Å². The molecule has 0 fully saturated rings. The van der Waals surface area contributed by atoms with Crippen molar-refractivity contribution in [1.29, 1.82) is 0 Å². The molecular weight excluding hydrogens is 208 g/mol. The molecule has 0 radical (unpaired) electrons. The number of nitrogens with one attached hydrogen (secondary N) is 1. The van der Waals surface area contributed by atoms with E-state index in [0.29, 0.717) is 0 Å². The molecule has 0 aliphatic carbocycles. The van der Waals surface area contributed by atoms with Crippen molar-refractivity contribution in [2.75, 3.05) is 0 Å². The summed E-state index contributed by atoms with van der Waals surface area (Å²) in [5.74, 6) is 0. The summed E-state index contributed by atoms with van der Waals surface area (Å²) < 4.78 is 0. The lowest BCUT2D eigenvalue weighted by Gasteiger charge is -2.06. The maximum Gasteiger partial charge on any atom is 0.0692 e. The Morgan fingerprint density at radius 3 is 2.80 bits per heavy atom.